The minimum Gasteiger partial charge on any atom is -0.479 e. The molecule has 4 nitrogen and oxygen atoms in total. The summed E-state index contributed by atoms with van der Waals surface area (Å²) in [7, 11) is 0. The minimum absolute atomic E-state index is 0.00968. The van der Waals surface area contributed by atoms with Crippen LogP contribution in [0.4, 0.5) is 0 Å². The van der Waals surface area contributed by atoms with Gasteiger partial charge in [-0.2, -0.15) is 0 Å². The molecule has 1 aromatic rings. The highest BCUT2D eigenvalue weighted by Gasteiger charge is 2.41. The molecule has 116 valence electrons. The number of carbonyl (C=O) groups excluding carboxylic acids is 1. The van der Waals surface area contributed by atoms with Crippen LogP contribution >= 0.6 is 0 Å². The summed E-state index contributed by atoms with van der Waals surface area (Å²) in [5.74, 6) is -1.41. The predicted octanol–water partition coefficient (Wildman–Crippen LogP) is 2.71. The zero-order valence-electron chi connectivity index (χ0n) is 13.0. The van der Waals surface area contributed by atoms with E-state index in [9.17, 15) is 14.7 Å². The lowest BCUT2D eigenvalue weighted by Gasteiger charge is -2.26. The molecule has 0 bridgehead atoms. The van der Waals surface area contributed by atoms with Crippen molar-refractivity contribution in [3.8, 4) is 0 Å². The molecule has 0 amide bonds. The number of hydrogen-bond donors (Lipinski definition) is 2. The molecule has 1 aliphatic carbocycles. The molecule has 0 aliphatic heterocycles. The van der Waals surface area contributed by atoms with Gasteiger partial charge in [0.1, 0.15) is 6.29 Å². The largest absolute Gasteiger partial charge is 0.479 e. The van der Waals surface area contributed by atoms with Crippen molar-refractivity contribution < 1.29 is 19.8 Å². The maximum Gasteiger partial charge on any atom is 0.340 e. The van der Waals surface area contributed by atoms with Crippen LogP contribution in [0.3, 0.4) is 0 Å². The van der Waals surface area contributed by atoms with Gasteiger partial charge in [-0.1, -0.05) is 51.1 Å². The SMILES string of the molecule is CC(C)(C)c1cccc(C2=CCC(O)(C(=O)O)C(C=O)=C2)c1. The van der Waals surface area contributed by atoms with Crippen molar-refractivity contribution in [2.24, 2.45) is 0 Å². The van der Waals surface area contributed by atoms with Gasteiger partial charge in [-0.3, -0.25) is 4.79 Å². The van der Waals surface area contributed by atoms with E-state index in [-0.39, 0.29) is 17.4 Å². The molecular weight excluding hydrogens is 280 g/mol. The van der Waals surface area contributed by atoms with Crippen molar-refractivity contribution in [3.63, 3.8) is 0 Å². The highest BCUT2D eigenvalue weighted by Crippen LogP contribution is 2.33. The van der Waals surface area contributed by atoms with E-state index >= 15 is 0 Å². The summed E-state index contributed by atoms with van der Waals surface area (Å²) >= 11 is 0. The molecule has 22 heavy (non-hydrogen) atoms. The Morgan fingerprint density at radius 1 is 1.32 bits per heavy atom. The van der Waals surface area contributed by atoms with Crippen molar-refractivity contribution in [3.05, 3.63) is 53.1 Å². The molecule has 0 spiro atoms. The molecule has 1 aliphatic rings. The van der Waals surface area contributed by atoms with Crippen molar-refractivity contribution in [2.75, 3.05) is 0 Å². The first-order valence-electron chi connectivity index (χ1n) is 7.12. The molecule has 2 rings (SSSR count). The van der Waals surface area contributed by atoms with Crippen LogP contribution in [0.25, 0.3) is 5.57 Å². The van der Waals surface area contributed by atoms with Crippen molar-refractivity contribution >= 4 is 17.8 Å². The van der Waals surface area contributed by atoms with Crippen molar-refractivity contribution in [1.82, 2.24) is 0 Å². The van der Waals surface area contributed by atoms with Gasteiger partial charge in [-0.05, 0) is 28.2 Å². The summed E-state index contributed by atoms with van der Waals surface area (Å²) in [6, 6.07) is 7.90. The van der Waals surface area contributed by atoms with E-state index in [4.69, 9.17) is 5.11 Å². The Morgan fingerprint density at radius 3 is 2.55 bits per heavy atom. The molecule has 2 N–H and O–H groups in total. The second-order valence-electron chi connectivity index (χ2n) is 6.58. The Labute approximate surface area is 129 Å². The average molecular weight is 300 g/mol. The molecule has 0 radical (unpaired) electrons. The fraction of sp³-hybridized carbons (Fsp3) is 0.333. The molecule has 1 atom stereocenters. The van der Waals surface area contributed by atoms with Crippen LogP contribution in [0.2, 0.25) is 0 Å². The van der Waals surface area contributed by atoms with Gasteiger partial charge < -0.3 is 10.2 Å². The highest BCUT2D eigenvalue weighted by molar-refractivity contribution is 5.97. The first-order chi connectivity index (χ1) is 10.2. The Kier molecular flexibility index (Phi) is 4.07. The monoisotopic (exact) mass is 300 g/mol. The lowest BCUT2D eigenvalue weighted by Crippen LogP contribution is -2.41. The van der Waals surface area contributed by atoms with Crippen LogP contribution in [-0.2, 0) is 15.0 Å². The second-order valence-corrected chi connectivity index (χ2v) is 6.58. The number of aldehydes is 1. The third-order valence-corrected chi connectivity index (χ3v) is 3.95. The lowest BCUT2D eigenvalue weighted by molar-refractivity contribution is -0.154. The van der Waals surface area contributed by atoms with Crippen molar-refractivity contribution in [1.29, 1.82) is 0 Å². The van der Waals surface area contributed by atoms with E-state index in [2.05, 4.69) is 20.8 Å². The molecule has 0 fully saturated rings. The molecule has 0 saturated heterocycles. The van der Waals surface area contributed by atoms with Gasteiger partial charge in [-0.15, -0.1) is 0 Å². The standard InChI is InChI=1S/C18H20O4/c1-17(2,3)14-6-4-5-12(9-14)13-7-8-18(22,16(20)21)15(10-13)11-19/h4-7,9-11,22H,8H2,1-3H3,(H,20,21). The van der Waals surface area contributed by atoms with Gasteiger partial charge in [0.05, 0.1) is 0 Å². The number of allylic oxidation sites excluding steroid dienone is 2. The van der Waals surface area contributed by atoms with E-state index in [0.717, 1.165) is 16.7 Å². The predicted molar refractivity (Wildman–Crippen MR) is 84.5 cm³/mol. The zero-order chi connectivity index (χ0) is 16.5. The number of carboxylic acids is 1. The van der Waals surface area contributed by atoms with Gasteiger partial charge in [0, 0.05) is 12.0 Å². The van der Waals surface area contributed by atoms with Crippen LogP contribution in [0.15, 0.2) is 42.0 Å². The Bertz CT molecular complexity index is 677. The van der Waals surface area contributed by atoms with Gasteiger partial charge in [0.15, 0.2) is 5.60 Å². The topological polar surface area (TPSA) is 74.6 Å². The number of hydrogen-bond acceptors (Lipinski definition) is 3. The van der Waals surface area contributed by atoms with Crippen LogP contribution in [0.5, 0.6) is 0 Å². The second kappa shape index (κ2) is 5.54. The maximum atomic E-state index is 11.2. The van der Waals surface area contributed by atoms with Crippen LogP contribution in [0, 0.1) is 0 Å². The molecule has 0 aromatic heterocycles. The van der Waals surface area contributed by atoms with Gasteiger partial charge in [-0.25, -0.2) is 4.79 Å². The number of carboxylic acid groups (broad SMARTS) is 1. The minimum atomic E-state index is -2.13. The maximum absolute atomic E-state index is 11.2. The van der Waals surface area contributed by atoms with Crippen LogP contribution in [0.1, 0.15) is 38.3 Å². The highest BCUT2D eigenvalue weighted by atomic mass is 16.4. The summed E-state index contributed by atoms with van der Waals surface area (Å²) in [6.07, 6.45) is 3.39. The Balaban J connectivity index is 2.44. The van der Waals surface area contributed by atoms with E-state index in [0.29, 0.717) is 6.29 Å². The van der Waals surface area contributed by atoms with Gasteiger partial charge in [0.2, 0.25) is 0 Å². The summed E-state index contributed by atoms with van der Waals surface area (Å²) in [4.78, 5) is 22.4. The van der Waals surface area contributed by atoms with Gasteiger partial charge in [0.25, 0.3) is 0 Å². The van der Waals surface area contributed by atoms with Crippen LogP contribution in [-0.4, -0.2) is 28.1 Å². The van der Waals surface area contributed by atoms with E-state index < -0.39 is 11.6 Å². The fourth-order valence-corrected chi connectivity index (χ4v) is 2.43. The normalized spacial score (nSPS) is 21.8. The van der Waals surface area contributed by atoms with E-state index in [1.54, 1.807) is 6.08 Å². The first kappa shape index (κ1) is 16.2. The van der Waals surface area contributed by atoms with Crippen molar-refractivity contribution in [2.45, 2.75) is 38.2 Å². The van der Waals surface area contributed by atoms with E-state index in [1.165, 1.54) is 6.08 Å². The van der Waals surface area contributed by atoms with Gasteiger partial charge >= 0.3 is 5.97 Å². The molecule has 0 saturated carbocycles. The first-order valence-corrected chi connectivity index (χ1v) is 7.12. The molecule has 1 aromatic carbocycles. The van der Waals surface area contributed by atoms with Crippen LogP contribution < -0.4 is 0 Å². The Hall–Kier alpha value is -2.20. The molecule has 1 unspecified atom stereocenters. The van der Waals surface area contributed by atoms with E-state index in [1.807, 2.05) is 24.3 Å². The zero-order valence-corrected chi connectivity index (χ0v) is 13.0. The quantitative estimate of drug-likeness (QED) is 0.842. The fourth-order valence-electron chi connectivity index (χ4n) is 2.43. The number of aliphatic carboxylic acids is 1. The summed E-state index contributed by atoms with van der Waals surface area (Å²) < 4.78 is 0. The smallest absolute Gasteiger partial charge is 0.340 e. The number of benzene rings is 1. The number of carbonyl (C=O) groups is 2. The number of rotatable bonds is 3. The average Bonchev–Trinajstić information content (AvgIpc) is 2.46. The Morgan fingerprint density at radius 2 is 2.00 bits per heavy atom. The summed E-state index contributed by atoms with van der Waals surface area (Å²) in [6.45, 7) is 6.33. The third kappa shape index (κ3) is 2.88. The summed E-state index contributed by atoms with van der Waals surface area (Å²) in [5.41, 5.74) is 0.528. The molecule has 0 heterocycles. The molecule has 4 heteroatoms. The summed E-state index contributed by atoms with van der Waals surface area (Å²) in [5, 5.41) is 19.2. The molecular formula is C18H20O4. The number of aliphatic hydroxyl groups is 1. The lowest BCUT2D eigenvalue weighted by atomic mass is 9.81. The third-order valence-electron chi connectivity index (χ3n) is 3.95.